The second kappa shape index (κ2) is 3.34. The van der Waals surface area contributed by atoms with Crippen molar-refractivity contribution in [1.82, 2.24) is 9.78 Å². The third-order valence-electron chi connectivity index (χ3n) is 3.23. The Morgan fingerprint density at radius 1 is 1.87 bits per heavy atom. The van der Waals surface area contributed by atoms with Crippen molar-refractivity contribution in [2.45, 2.75) is 25.3 Å². The molecule has 1 aromatic rings. The molecule has 0 bridgehead atoms. The first-order valence-corrected chi connectivity index (χ1v) is 5.05. The molecule has 0 radical (unpaired) electrons. The lowest BCUT2D eigenvalue weighted by atomic mass is 9.96. The van der Waals surface area contributed by atoms with Gasteiger partial charge in [-0.1, -0.05) is 6.92 Å². The van der Waals surface area contributed by atoms with Gasteiger partial charge in [0.2, 0.25) is 5.91 Å². The van der Waals surface area contributed by atoms with E-state index in [0.717, 1.165) is 12.0 Å². The van der Waals surface area contributed by atoms with E-state index >= 15 is 0 Å². The average molecular weight is 209 g/mol. The molecule has 1 aromatic heterocycles. The van der Waals surface area contributed by atoms with Crippen molar-refractivity contribution < 1.29 is 9.90 Å². The molecule has 0 spiro atoms. The van der Waals surface area contributed by atoms with E-state index in [9.17, 15) is 4.79 Å². The van der Waals surface area contributed by atoms with Crippen molar-refractivity contribution in [1.29, 1.82) is 0 Å². The molecule has 5 heteroatoms. The molecule has 1 aliphatic rings. The summed E-state index contributed by atoms with van der Waals surface area (Å²) in [6, 6.07) is 0. The van der Waals surface area contributed by atoms with Crippen LogP contribution in [0.4, 0.5) is 0 Å². The predicted octanol–water partition coefficient (Wildman–Crippen LogP) is -0.362. The van der Waals surface area contributed by atoms with Gasteiger partial charge in [-0.15, -0.1) is 0 Å². The van der Waals surface area contributed by atoms with E-state index in [2.05, 4.69) is 5.10 Å². The van der Waals surface area contributed by atoms with E-state index in [1.165, 1.54) is 0 Å². The monoisotopic (exact) mass is 209 g/mol. The fraction of sp³-hybridized carbons (Fsp3) is 0.600. The Labute approximate surface area is 87.9 Å². The van der Waals surface area contributed by atoms with Crippen LogP contribution in [-0.2, 0) is 16.8 Å². The maximum atomic E-state index is 11.4. The van der Waals surface area contributed by atoms with E-state index in [4.69, 9.17) is 10.8 Å². The number of nitrogens with two attached hydrogens (primary N) is 1. The third kappa shape index (κ3) is 1.43. The normalized spacial score (nSPS) is 29.1. The number of amides is 1. The number of hydrogen-bond donors (Lipinski definition) is 2. The van der Waals surface area contributed by atoms with Gasteiger partial charge >= 0.3 is 0 Å². The minimum absolute atomic E-state index is 0.0419. The standard InChI is InChI=1S/C10H15N3O2/c1-7-4-10(7,9(11)15)8-5-12-13(6-8)2-3-14/h5-7,14H,2-4H2,1H3,(H2,11,15). The minimum atomic E-state index is -0.506. The molecule has 1 amide bonds. The van der Waals surface area contributed by atoms with E-state index < -0.39 is 5.41 Å². The molecule has 15 heavy (non-hydrogen) atoms. The highest BCUT2D eigenvalue weighted by Gasteiger charge is 2.58. The van der Waals surface area contributed by atoms with Crippen molar-refractivity contribution in [3.8, 4) is 0 Å². The predicted molar refractivity (Wildman–Crippen MR) is 54.0 cm³/mol. The van der Waals surface area contributed by atoms with Gasteiger partial charge in [0.15, 0.2) is 0 Å². The second-order valence-electron chi connectivity index (χ2n) is 4.16. The highest BCUT2D eigenvalue weighted by molar-refractivity contribution is 5.90. The quantitative estimate of drug-likeness (QED) is 0.710. The lowest BCUT2D eigenvalue weighted by molar-refractivity contribution is -0.120. The highest BCUT2D eigenvalue weighted by Crippen LogP contribution is 2.53. The Balaban J connectivity index is 2.25. The van der Waals surface area contributed by atoms with Crippen LogP contribution in [0.15, 0.2) is 12.4 Å². The first-order chi connectivity index (χ1) is 7.11. The van der Waals surface area contributed by atoms with Crippen molar-refractivity contribution in [2.24, 2.45) is 11.7 Å². The molecule has 1 aliphatic carbocycles. The fourth-order valence-electron chi connectivity index (χ4n) is 2.13. The molecule has 0 aromatic carbocycles. The summed E-state index contributed by atoms with van der Waals surface area (Å²) in [5, 5.41) is 12.8. The van der Waals surface area contributed by atoms with Gasteiger partial charge < -0.3 is 10.8 Å². The van der Waals surface area contributed by atoms with Crippen LogP contribution in [-0.4, -0.2) is 27.4 Å². The zero-order valence-corrected chi connectivity index (χ0v) is 8.68. The van der Waals surface area contributed by atoms with Crippen LogP contribution >= 0.6 is 0 Å². The highest BCUT2D eigenvalue weighted by atomic mass is 16.3. The van der Waals surface area contributed by atoms with Gasteiger partial charge in [0.1, 0.15) is 0 Å². The number of primary amides is 1. The van der Waals surface area contributed by atoms with Crippen LogP contribution in [0.1, 0.15) is 18.9 Å². The van der Waals surface area contributed by atoms with Gasteiger partial charge in [-0.2, -0.15) is 5.10 Å². The topological polar surface area (TPSA) is 81.1 Å². The van der Waals surface area contributed by atoms with Gasteiger partial charge in [-0.25, -0.2) is 0 Å². The van der Waals surface area contributed by atoms with E-state index in [-0.39, 0.29) is 12.5 Å². The Kier molecular flexibility index (Phi) is 2.26. The summed E-state index contributed by atoms with van der Waals surface area (Å²) in [6.45, 7) is 2.50. The molecule has 0 saturated heterocycles. The van der Waals surface area contributed by atoms with Crippen LogP contribution < -0.4 is 5.73 Å². The van der Waals surface area contributed by atoms with Crippen molar-refractivity contribution in [3.05, 3.63) is 18.0 Å². The van der Waals surface area contributed by atoms with Gasteiger partial charge in [0.25, 0.3) is 0 Å². The molecular formula is C10H15N3O2. The van der Waals surface area contributed by atoms with Gasteiger partial charge in [-0.05, 0) is 12.3 Å². The molecule has 3 N–H and O–H groups in total. The van der Waals surface area contributed by atoms with Gasteiger partial charge in [0, 0.05) is 11.8 Å². The largest absolute Gasteiger partial charge is 0.394 e. The SMILES string of the molecule is CC1CC1(C(N)=O)c1cnn(CCO)c1. The maximum absolute atomic E-state index is 11.4. The van der Waals surface area contributed by atoms with Crippen LogP contribution in [0.25, 0.3) is 0 Å². The van der Waals surface area contributed by atoms with Crippen LogP contribution in [0.5, 0.6) is 0 Å². The molecule has 2 atom stereocenters. The molecule has 2 unspecified atom stereocenters. The number of carbonyl (C=O) groups excluding carboxylic acids is 1. The number of aromatic nitrogens is 2. The number of nitrogens with zero attached hydrogens (tertiary/aromatic N) is 2. The molecule has 1 fully saturated rings. The summed E-state index contributed by atoms with van der Waals surface area (Å²) >= 11 is 0. The second-order valence-corrected chi connectivity index (χ2v) is 4.16. The summed E-state index contributed by atoms with van der Waals surface area (Å²) in [4.78, 5) is 11.4. The molecular weight excluding hydrogens is 194 g/mol. The van der Waals surface area contributed by atoms with Crippen LogP contribution in [0, 0.1) is 5.92 Å². The average Bonchev–Trinajstić information content (AvgIpc) is 2.66. The number of aliphatic hydroxyl groups is 1. The smallest absolute Gasteiger partial charge is 0.228 e. The minimum Gasteiger partial charge on any atom is -0.394 e. The summed E-state index contributed by atoms with van der Waals surface area (Å²) in [6.07, 6.45) is 4.27. The van der Waals surface area contributed by atoms with E-state index in [1.54, 1.807) is 17.1 Å². The number of carbonyl (C=O) groups is 1. The summed E-state index contributed by atoms with van der Waals surface area (Å²) < 4.78 is 1.63. The van der Waals surface area contributed by atoms with Crippen molar-refractivity contribution in [2.75, 3.05) is 6.61 Å². The fourth-order valence-corrected chi connectivity index (χ4v) is 2.13. The summed E-state index contributed by atoms with van der Waals surface area (Å²) in [7, 11) is 0. The Morgan fingerprint density at radius 3 is 3.00 bits per heavy atom. The molecule has 1 saturated carbocycles. The van der Waals surface area contributed by atoms with Crippen molar-refractivity contribution >= 4 is 5.91 Å². The summed E-state index contributed by atoms with van der Waals surface area (Å²) in [5.74, 6) is 0.0142. The molecule has 2 rings (SSSR count). The number of aliphatic hydroxyl groups excluding tert-OH is 1. The Hall–Kier alpha value is -1.36. The van der Waals surface area contributed by atoms with E-state index in [0.29, 0.717) is 12.5 Å². The lowest BCUT2D eigenvalue weighted by Gasteiger charge is -2.08. The van der Waals surface area contributed by atoms with E-state index in [1.807, 2.05) is 6.92 Å². The zero-order valence-electron chi connectivity index (χ0n) is 8.68. The summed E-state index contributed by atoms with van der Waals surface area (Å²) in [5.41, 5.74) is 5.78. The first-order valence-electron chi connectivity index (χ1n) is 5.05. The molecule has 5 nitrogen and oxygen atoms in total. The number of rotatable bonds is 4. The van der Waals surface area contributed by atoms with Crippen LogP contribution in [0.2, 0.25) is 0 Å². The zero-order chi connectivity index (χ0) is 11.1. The molecule has 0 aliphatic heterocycles. The van der Waals surface area contributed by atoms with Crippen molar-refractivity contribution in [3.63, 3.8) is 0 Å². The van der Waals surface area contributed by atoms with Crippen LogP contribution in [0.3, 0.4) is 0 Å². The Bertz CT molecular complexity index is 388. The van der Waals surface area contributed by atoms with Gasteiger partial charge in [0.05, 0.1) is 24.8 Å². The maximum Gasteiger partial charge on any atom is 0.228 e. The molecule has 82 valence electrons. The van der Waals surface area contributed by atoms with Gasteiger partial charge in [-0.3, -0.25) is 9.48 Å². The number of hydrogen-bond acceptors (Lipinski definition) is 3. The first kappa shape index (κ1) is 10.2. The molecule has 1 heterocycles. The Morgan fingerprint density at radius 2 is 2.53 bits per heavy atom. The third-order valence-corrected chi connectivity index (χ3v) is 3.23. The lowest BCUT2D eigenvalue weighted by Crippen LogP contribution is -2.29.